The zero-order chi connectivity index (χ0) is 19.0. The quantitative estimate of drug-likeness (QED) is 0.728. The lowest BCUT2D eigenvalue weighted by molar-refractivity contribution is 0.0932. The predicted molar refractivity (Wildman–Crippen MR) is 103 cm³/mol. The van der Waals surface area contributed by atoms with Gasteiger partial charge in [0.15, 0.2) is 0 Å². The lowest BCUT2D eigenvalue weighted by Crippen LogP contribution is -2.35. The van der Waals surface area contributed by atoms with Gasteiger partial charge in [0.2, 0.25) is 0 Å². The predicted octanol–water partition coefficient (Wildman–Crippen LogP) is 3.09. The van der Waals surface area contributed by atoms with Crippen molar-refractivity contribution >= 4 is 16.8 Å². The van der Waals surface area contributed by atoms with Gasteiger partial charge in [0.05, 0.1) is 21.3 Å². The van der Waals surface area contributed by atoms with Gasteiger partial charge in [0, 0.05) is 29.1 Å². The van der Waals surface area contributed by atoms with E-state index in [0.717, 1.165) is 35.2 Å². The molecule has 6 heteroatoms. The third kappa shape index (κ3) is 2.97. The number of hydrogen-bond acceptors (Lipinski definition) is 4. The number of fused-ring (bicyclic) bond motifs is 3. The molecule has 1 unspecified atom stereocenters. The molecule has 2 aromatic carbocycles. The molecule has 1 aliphatic carbocycles. The van der Waals surface area contributed by atoms with E-state index in [1.807, 2.05) is 18.2 Å². The highest BCUT2D eigenvalue weighted by atomic mass is 16.5. The molecule has 0 aliphatic heterocycles. The number of rotatable bonds is 5. The molecule has 1 aromatic heterocycles. The topological polar surface area (TPSA) is 72.6 Å². The normalized spacial score (nSPS) is 15.4. The molecule has 1 atom stereocenters. The van der Waals surface area contributed by atoms with E-state index >= 15 is 0 Å². The number of ether oxygens (including phenoxy) is 3. The summed E-state index contributed by atoms with van der Waals surface area (Å²) in [6.07, 6.45) is 1.53. The fourth-order valence-electron chi connectivity index (χ4n) is 3.82. The molecule has 2 N–H and O–H groups in total. The summed E-state index contributed by atoms with van der Waals surface area (Å²) < 4.78 is 16.0. The zero-order valence-electron chi connectivity index (χ0n) is 15.6. The molecule has 6 nitrogen and oxygen atoms in total. The highest BCUT2D eigenvalue weighted by Crippen LogP contribution is 2.33. The Labute approximate surface area is 157 Å². The van der Waals surface area contributed by atoms with Gasteiger partial charge in [-0.3, -0.25) is 4.79 Å². The summed E-state index contributed by atoms with van der Waals surface area (Å²) in [5, 5.41) is 4.27. The number of H-pyrrole nitrogens is 1. The van der Waals surface area contributed by atoms with E-state index in [1.54, 1.807) is 39.5 Å². The summed E-state index contributed by atoms with van der Waals surface area (Å²) in [5.74, 6) is 1.63. The van der Waals surface area contributed by atoms with Crippen LogP contribution in [0.5, 0.6) is 17.2 Å². The maximum absolute atomic E-state index is 12.9. The molecule has 0 saturated carbocycles. The summed E-state index contributed by atoms with van der Waals surface area (Å²) in [7, 11) is 4.76. The largest absolute Gasteiger partial charge is 0.497 e. The first-order valence-corrected chi connectivity index (χ1v) is 8.84. The molecule has 0 saturated heterocycles. The van der Waals surface area contributed by atoms with Gasteiger partial charge >= 0.3 is 0 Å². The minimum absolute atomic E-state index is 0.0176. The van der Waals surface area contributed by atoms with Crippen LogP contribution in [0.4, 0.5) is 0 Å². The van der Waals surface area contributed by atoms with Crippen molar-refractivity contribution < 1.29 is 19.0 Å². The Kier molecular flexibility index (Phi) is 4.39. The Morgan fingerprint density at radius 3 is 2.44 bits per heavy atom. The number of aromatic nitrogens is 1. The Morgan fingerprint density at radius 2 is 1.78 bits per heavy atom. The first kappa shape index (κ1) is 17.3. The van der Waals surface area contributed by atoms with Crippen molar-refractivity contribution in [1.29, 1.82) is 0 Å². The van der Waals surface area contributed by atoms with Crippen molar-refractivity contribution in [2.75, 3.05) is 21.3 Å². The van der Waals surface area contributed by atoms with E-state index in [1.165, 1.54) is 5.56 Å². The molecular formula is C21H22N2O4. The van der Waals surface area contributed by atoms with Crippen LogP contribution in [0.2, 0.25) is 0 Å². The third-order valence-corrected chi connectivity index (χ3v) is 5.09. The average molecular weight is 366 g/mol. The fraction of sp³-hybridized carbons (Fsp3) is 0.286. The van der Waals surface area contributed by atoms with Crippen molar-refractivity contribution in [2.24, 2.45) is 0 Å². The number of hydrogen-bond donors (Lipinski definition) is 2. The lowest BCUT2D eigenvalue weighted by Gasteiger charge is -2.16. The molecule has 0 radical (unpaired) electrons. The second-order valence-electron chi connectivity index (χ2n) is 6.61. The van der Waals surface area contributed by atoms with Gasteiger partial charge in [0.1, 0.15) is 22.8 Å². The van der Waals surface area contributed by atoms with Crippen LogP contribution in [-0.2, 0) is 12.8 Å². The molecule has 4 rings (SSSR count). The van der Waals surface area contributed by atoms with Gasteiger partial charge in [-0.05, 0) is 42.3 Å². The van der Waals surface area contributed by atoms with E-state index in [2.05, 4.69) is 10.3 Å². The summed E-state index contributed by atoms with van der Waals surface area (Å²) >= 11 is 0. The van der Waals surface area contributed by atoms with E-state index in [9.17, 15) is 4.79 Å². The third-order valence-electron chi connectivity index (χ3n) is 5.09. The van der Waals surface area contributed by atoms with Gasteiger partial charge in [-0.2, -0.15) is 0 Å². The summed E-state index contributed by atoms with van der Waals surface area (Å²) in [5.41, 5.74) is 3.92. The second-order valence-corrected chi connectivity index (χ2v) is 6.61. The maximum Gasteiger partial charge on any atom is 0.259 e. The molecule has 1 aliphatic rings. The standard InChI is InChI=1S/C21H22N2O4/c1-25-13-7-8-16-15(11-13)14-9-12(10-17(14)23-16)22-21(24)20-18(26-2)5-4-6-19(20)27-3/h4-8,11-12,23H,9-10H2,1-3H3,(H,22,24). The van der Waals surface area contributed by atoms with E-state index < -0.39 is 0 Å². The van der Waals surface area contributed by atoms with Crippen LogP contribution in [0, 0.1) is 0 Å². The Bertz CT molecular complexity index is 987. The molecule has 0 spiro atoms. The number of amides is 1. The number of aromatic amines is 1. The molecular weight excluding hydrogens is 344 g/mol. The van der Waals surface area contributed by atoms with Crippen molar-refractivity contribution in [1.82, 2.24) is 10.3 Å². The summed E-state index contributed by atoms with van der Waals surface area (Å²) in [6.45, 7) is 0. The highest BCUT2D eigenvalue weighted by molar-refractivity contribution is 6.00. The Balaban J connectivity index is 1.57. The maximum atomic E-state index is 12.9. The summed E-state index contributed by atoms with van der Waals surface area (Å²) in [6, 6.07) is 11.3. The fourth-order valence-corrected chi connectivity index (χ4v) is 3.82. The van der Waals surface area contributed by atoms with Crippen molar-refractivity contribution in [3.63, 3.8) is 0 Å². The number of methoxy groups -OCH3 is 3. The smallest absolute Gasteiger partial charge is 0.259 e. The molecule has 3 aromatic rings. The lowest BCUT2D eigenvalue weighted by atomic mass is 10.1. The molecule has 27 heavy (non-hydrogen) atoms. The molecule has 1 heterocycles. The molecule has 140 valence electrons. The van der Waals surface area contributed by atoms with Gasteiger partial charge in [-0.25, -0.2) is 0 Å². The van der Waals surface area contributed by atoms with Gasteiger partial charge in [-0.1, -0.05) is 6.07 Å². The zero-order valence-corrected chi connectivity index (χ0v) is 15.6. The van der Waals surface area contributed by atoms with Crippen LogP contribution in [-0.4, -0.2) is 38.3 Å². The number of nitrogens with one attached hydrogen (secondary N) is 2. The summed E-state index contributed by atoms with van der Waals surface area (Å²) in [4.78, 5) is 16.4. The van der Waals surface area contributed by atoms with Gasteiger partial charge < -0.3 is 24.5 Å². The number of carbonyl (C=O) groups excluding carboxylic acids is 1. The van der Waals surface area contributed by atoms with Crippen LogP contribution >= 0.6 is 0 Å². The molecule has 0 fully saturated rings. The molecule has 1 amide bonds. The second kappa shape index (κ2) is 6.87. The average Bonchev–Trinajstić information content (AvgIpc) is 3.23. The van der Waals surface area contributed by atoms with E-state index in [0.29, 0.717) is 17.1 Å². The van der Waals surface area contributed by atoms with Crippen LogP contribution in [0.3, 0.4) is 0 Å². The highest BCUT2D eigenvalue weighted by Gasteiger charge is 2.28. The van der Waals surface area contributed by atoms with Gasteiger partial charge in [-0.15, -0.1) is 0 Å². The van der Waals surface area contributed by atoms with E-state index in [-0.39, 0.29) is 11.9 Å². The first-order chi connectivity index (χ1) is 13.1. The minimum atomic E-state index is -0.193. The van der Waals surface area contributed by atoms with Crippen LogP contribution in [0.25, 0.3) is 10.9 Å². The van der Waals surface area contributed by atoms with Gasteiger partial charge in [0.25, 0.3) is 5.91 Å². The van der Waals surface area contributed by atoms with E-state index in [4.69, 9.17) is 14.2 Å². The van der Waals surface area contributed by atoms with Crippen molar-refractivity contribution in [3.05, 3.63) is 53.2 Å². The minimum Gasteiger partial charge on any atom is -0.497 e. The number of carbonyl (C=O) groups is 1. The van der Waals surface area contributed by atoms with Crippen LogP contribution < -0.4 is 19.5 Å². The Morgan fingerprint density at radius 1 is 1.04 bits per heavy atom. The number of benzene rings is 2. The van der Waals surface area contributed by atoms with Crippen molar-refractivity contribution in [2.45, 2.75) is 18.9 Å². The Hall–Kier alpha value is -3.15. The van der Waals surface area contributed by atoms with Crippen LogP contribution in [0.15, 0.2) is 36.4 Å². The van der Waals surface area contributed by atoms with Crippen molar-refractivity contribution in [3.8, 4) is 17.2 Å². The monoisotopic (exact) mass is 366 g/mol. The SMILES string of the molecule is COc1ccc2[nH]c3c(c2c1)CC(NC(=O)c1c(OC)cccc1OC)C3. The van der Waals surface area contributed by atoms with Crippen LogP contribution in [0.1, 0.15) is 21.6 Å². The molecule has 0 bridgehead atoms. The first-order valence-electron chi connectivity index (χ1n) is 8.84.